The summed E-state index contributed by atoms with van der Waals surface area (Å²) >= 11 is 0. The molecule has 22 heavy (non-hydrogen) atoms. The summed E-state index contributed by atoms with van der Waals surface area (Å²) in [4.78, 5) is 14.1. The van der Waals surface area contributed by atoms with E-state index < -0.39 is 0 Å². The first-order chi connectivity index (χ1) is 10.5. The van der Waals surface area contributed by atoms with E-state index in [0.717, 1.165) is 29.8 Å². The van der Waals surface area contributed by atoms with Gasteiger partial charge in [0.2, 0.25) is 0 Å². The van der Waals surface area contributed by atoms with Crippen LogP contribution in [0.3, 0.4) is 0 Å². The van der Waals surface area contributed by atoms with Crippen LogP contribution in [0.1, 0.15) is 32.3 Å². The van der Waals surface area contributed by atoms with Gasteiger partial charge in [-0.25, -0.2) is 4.79 Å². The summed E-state index contributed by atoms with van der Waals surface area (Å²) < 4.78 is 5.45. The second-order valence-electron chi connectivity index (χ2n) is 5.90. The molecule has 1 heterocycles. The quantitative estimate of drug-likeness (QED) is 0.899. The van der Waals surface area contributed by atoms with Crippen molar-refractivity contribution < 1.29 is 14.6 Å². The Balaban J connectivity index is 1.92. The summed E-state index contributed by atoms with van der Waals surface area (Å²) in [5, 5.41) is 12.6. The zero-order valence-electron chi connectivity index (χ0n) is 13.6. The Hall–Kier alpha value is -1.75. The minimum absolute atomic E-state index is 0.0729. The molecule has 2 N–H and O–H groups in total. The fourth-order valence-electron chi connectivity index (χ4n) is 2.81. The molecule has 0 bridgehead atoms. The molecular formula is C17H26N2O3. The molecule has 2 amide bonds. The van der Waals surface area contributed by atoms with Gasteiger partial charge in [0, 0.05) is 18.8 Å². The van der Waals surface area contributed by atoms with Crippen molar-refractivity contribution >= 4 is 11.7 Å². The molecule has 1 aliphatic rings. The maximum Gasteiger partial charge on any atom is 0.321 e. The van der Waals surface area contributed by atoms with E-state index in [2.05, 4.69) is 5.32 Å². The second-order valence-corrected chi connectivity index (χ2v) is 5.90. The number of urea groups is 1. The predicted octanol–water partition coefficient (Wildman–Crippen LogP) is 3.02. The highest BCUT2D eigenvalue weighted by Crippen LogP contribution is 2.24. The number of hydrogen-bond donors (Lipinski definition) is 2. The normalized spacial score (nSPS) is 17.2. The van der Waals surface area contributed by atoms with E-state index >= 15 is 0 Å². The van der Waals surface area contributed by atoms with Crippen molar-refractivity contribution in [1.82, 2.24) is 4.90 Å². The van der Waals surface area contributed by atoms with Gasteiger partial charge in [-0.2, -0.15) is 0 Å². The van der Waals surface area contributed by atoms with Gasteiger partial charge in [0.1, 0.15) is 5.75 Å². The van der Waals surface area contributed by atoms with Gasteiger partial charge in [0.15, 0.2) is 0 Å². The van der Waals surface area contributed by atoms with Crippen molar-refractivity contribution in [3.63, 3.8) is 0 Å². The van der Waals surface area contributed by atoms with Crippen LogP contribution in [0.5, 0.6) is 5.75 Å². The molecule has 0 spiro atoms. The number of nitrogens with zero attached hydrogens (tertiary/aromatic N) is 1. The van der Waals surface area contributed by atoms with E-state index in [9.17, 15) is 9.90 Å². The monoisotopic (exact) mass is 306 g/mol. The molecule has 2 rings (SSSR count). The number of hydrogen-bond acceptors (Lipinski definition) is 3. The first-order valence-electron chi connectivity index (χ1n) is 7.98. The van der Waals surface area contributed by atoms with Crippen molar-refractivity contribution in [2.45, 2.75) is 39.7 Å². The van der Waals surface area contributed by atoms with Crippen LogP contribution >= 0.6 is 0 Å². The van der Waals surface area contributed by atoms with Crippen LogP contribution in [0.15, 0.2) is 18.2 Å². The van der Waals surface area contributed by atoms with Crippen LogP contribution in [0.4, 0.5) is 10.5 Å². The molecule has 1 unspecified atom stereocenters. The van der Waals surface area contributed by atoms with Crippen LogP contribution in [-0.2, 0) is 0 Å². The van der Waals surface area contributed by atoms with Crippen molar-refractivity contribution in [2.24, 2.45) is 5.92 Å². The van der Waals surface area contributed by atoms with Gasteiger partial charge < -0.3 is 20.1 Å². The number of carbonyl (C=O) groups is 1. The van der Waals surface area contributed by atoms with E-state index in [1.54, 1.807) is 0 Å². The van der Waals surface area contributed by atoms with Crippen molar-refractivity contribution in [1.29, 1.82) is 0 Å². The number of piperidine rings is 1. The topological polar surface area (TPSA) is 61.8 Å². The number of benzene rings is 1. The molecule has 1 aliphatic heterocycles. The molecule has 1 fully saturated rings. The third-order valence-electron chi connectivity index (χ3n) is 4.26. The molecule has 1 atom stereocenters. The first kappa shape index (κ1) is 16.6. The minimum atomic E-state index is -0.293. The molecule has 0 radical (unpaired) electrons. The number of carbonyl (C=O) groups excluding carboxylic acids is 1. The Labute approximate surface area is 132 Å². The minimum Gasteiger partial charge on any atom is -0.494 e. The maximum absolute atomic E-state index is 12.3. The summed E-state index contributed by atoms with van der Waals surface area (Å²) in [6, 6.07) is 5.60. The Morgan fingerprint density at radius 2 is 2.14 bits per heavy atom. The zero-order valence-corrected chi connectivity index (χ0v) is 13.6. The van der Waals surface area contributed by atoms with Crippen molar-refractivity contribution in [3.8, 4) is 5.75 Å². The van der Waals surface area contributed by atoms with Gasteiger partial charge in [0.25, 0.3) is 0 Å². The summed E-state index contributed by atoms with van der Waals surface area (Å²) in [5.74, 6) is 1.12. The Bertz CT molecular complexity index is 509. The van der Waals surface area contributed by atoms with Crippen LogP contribution in [0.25, 0.3) is 0 Å². The van der Waals surface area contributed by atoms with Gasteiger partial charge in [-0.15, -0.1) is 0 Å². The molecular weight excluding hydrogens is 280 g/mol. The Morgan fingerprint density at radius 3 is 2.68 bits per heavy atom. The van der Waals surface area contributed by atoms with Gasteiger partial charge in [-0.3, -0.25) is 0 Å². The van der Waals surface area contributed by atoms with Crippen LogP contribution < -0.4 is 10.1 Å². The molecule has 5 nitrogen and oxygen atoms in total. The molecule has 1 saturated heterocycles. The number of aliphatic hydroxyl groups excluding tert-OH is 1. The van der Waals surface area contributed by atoms with Crippen LogP contribution in [0.2, 0.25) is 0 Å². The maximum atomic E-state index is 12.3. The number of nitrogens with one attached hydrogen (secondary N) is 1. The lowest BCUT2D eigenvalue weighted by Crippen LogP contribution is -2.42. The van der Waals surface area contributed by atoms with E-state index in [-0.39, 0.29) is 12.1 Å². The SMILES string of the molecule is CCOc1ccc(NC(=O)N2CCC(C(C)O)CC2)c(C)c1. The summed E-state index contributed by atoms with van der Waals surface area (Å²) in [6.07, 6.45) is 1.42. The third-order valence-corrected chi connectivity index (χ3v) is 4.26. The van der Waals surface area contributed by atoms with E-state index in [1.165, 1.54) is 0 Å². The first-order valence-corrected chi connectivity index (χ1v) is 7.98. The second kappa shape index (κ2) is 7.49. The molecule has 0 aromatic heterocycles. The van der Waals surface area contributed by atoms with Gasteiger partial charge >= 0.3 is 6.03 Å². The highest BCUT2D eigenvalue weighted by atomic mass is 16.5. The van der Waals surface area contributed by atoms with E-state index in [0.29, 0.717) is 25.6 Å². The average molecular weight is 306 g/mol. The van der Waals surface area contributed by atoms with Gasteiger partial charge in [-0.05, 0) is 63.3 Å². The molecule has 0 saturated carbocycles. The van der Waals surface area contributed by atoms with Crippen LogP contribution in [-0.4, -0.2) is 41.8 Å². The molecule has 5 heteroatoms. The molecule has 122 valence electrons. The number of rotatable bonds is 4. The number of anilines is 1. The lowest BCUT2D eigenvalue weighted by atomic mass is 9.92. The smallest absolute Gasteiger partial charge is 0.321 e. The van der Waals surface area contributed by atoms with E-state index in [1.807, 2.05) is 43.9 Å². The Kier molecular flexibility index (Phi) is 5.66. The van der Waals surface area contributed by atoms with Gasteiger partial charge in [0.05, 0.1) is 12.7 Å². The number of amides is 2. The third kappa shape index (κ3) is 4.13. The molecule has 0 aliphatic carbocycles. The van der Waals surface area contributed by atoms with E-state index in [4.69, 9.17) is 4.74 Å². The summed E-state index contributed by atoms with van der Waals surface area (Å²) in [7, 11) is 0. The highest BCUT2D eigenvalue weighted by molar-refractivity contribution is 5.90. The highest BCUT2D eigenvalue weighted by Gasteiger charge is 2.25. The summed E-state index contributed by atoms with van der Waals surface area (Å²) in [5.41, 5.74) is 1.80. The standard InChI is InChI=1S/C17H26N2O3/c1-4-22-15-5-6-16(12(2)11-15)18-17(21)19-9-7-14(8-10-19)13(3)20/h5-6,11,13-14,20H,4,7-10H2,1-3H3,(H,18,21). The largest absolute Gasteiger partial charge is 0.494 e. The lowest BCUT2D eigenvalue weighted by Gasteiger charge is -2.33. The molecule has 1 aromatic carbocycles. The van der Waals surface area contributed by atoms with Crippen molar-refractivity contribution in [2.75, 3.05) is 25.0 Å². The van der Waals surface area contributed by atoms with Crippen molar-refractivity contribution in [3.05, 3.63) is 23.8 Å². The average Bonchev–Trinajstić information content (AvgIpc) is 2.50. The summed E-state index contributed by atoms with van der Waals surface area (Å²) in [6.45, 7) is 7.74. The predicted molar refractivity (Wildman–Crippen MR) is 87.3 cm³/mol. The fraction of sp³-hybridized carbons (Fsp3) is 0.588. The lowest BCUT2D eigenvalue weighted by molar-refractivity contribution is 0.0820. The molecule has 1 aromatic rings. The number of aryl methyl sites for hydroxylation is 1. The van der Waals surface area contributed by atoms with Crippen LogP contribution in [0, 0.1) is 12.8 Å². The fourth-order valence-corrected chi connectivity index (χ4v) is 2.81. The zero-order chi connectivity index (χ0) is 16.1. The number of likely N-dealkylation sites (tertiary alicyclic amines) is 1. The number of aliphatic hydroxyl groups is 1. The Morgan fingerprint density at radius 1 is 1.45 bits per heavy atom. The number of ether oxygens (including phenoxy) is 1. The van der Waals surface area contributed by atoms with Gasteiger partial charge in [-0.1, -0.05) is 0 Å².